The fourth-order valence-corrected chi connectivity index (χ4v) is 3.95. The van der Waals surface area contributed by atoms with Gasteiger partial charge in [0.25, 0.3) is 5.91 Å². The number of hydrogen-bond donors (Lipinski definition) is 0. The van der Waals surface area contributed by atoms with Gasteiger partial charge in [0.15, 0.2) is 0 Å². The van der Waals surface area contributed by atoms with Gasteiger partial charge in [-0.1, -0.05) is 20.8 Å². The first-order valence-electron chi connectivity index (χ1n) is 9.74. The van der Waals surface area contributed by atoms with Crippen molar-refractivity contribution in [1.82, 2.24) is 9.80 Å². The second kappa shape index (κ2) is 7.74. The summed E-state index contributed by atoms with van der Waals surface area (Å²) in [6.07, 6.45) is 1.01. The van der Waals surface area contributed by atoms with E-state index in [1.165, 1.54) is 17.0 Å². The summed E-state index contributed by atoms with van der Waals surface area (Å²) in [5.74, 6) is -2.41. The van der Waals surface area contributed by atoms with E-state index in [2.05, 4.69) is 0 Å². The summed E-state index contributed by atoms with van der Waals surface area (Å²) in [4.78, 5) is 40.2. The fourth-order valence-electron chi connectivity index (χ4n) is 3.95. The molecule has 0 radical (unpaired) electrons. The van der Waals surface area contributed by atoms with Crippen LogP contribution in [0.25, 0.3) is 0 Å². The van der Waals surface area contributed by atoms with Crippen molar-refractivity contribution in [3.63, 3.8) is 0 Å². The van der Waals surface area contributed by atoms with Crippen LogP contribution in [-0.4, -0.2) is 59.0 Å². The highest BCUT2D eigenvalue weighted by Crippen LogP contribution is 2.38. The summed E-state index contributed by atoms with van der Waals surface area (Å²) in [5.41, 5.74) is -1.08. The highest BCUT2D eigenvalue weighted by molar-refractivity contribution is 5.97. The van der Waals surface area contributed by atoms with E-state index in [1.54, 1.807) is 4.90 Å². The van der Waals surface area contributed by atoms with E-state index >= 15 is 0 Å². The third-order valence-corrected chi connectivity index (χ3v) is 5.42. The second-order valence-electron chi connectivity index (χ2n) is 8.89. The number of carboxylic acids is 1. The molecule has 0 saturated carbocycles. The van der Waals surface area contributed by atoms with Crippen molar-refractivity contribution in [2.75, 3.05) is 19.7 Å². The van der Waals surface area contributed by atoms with Gasteiger partial charge in [0.2, 0.25) is 5.91 Å². The van der Waals surface area contributed by atoms with Gasteiger partial charge in [-0.05, 0) is 29.7 Å². The van der Waals surface area contributed by atoms with Gasteiger partial charge in [-0.2, -0.15) is 0 Å². The lowest BCUT2D eigenvalue weighted by Crippen LogP contribution is -2.60. The lowest BCUT2D eigenvalue weighted by atomic mass is 9.90. The Morgan fingerprint density at radius 1 is 1.17 bits per heavy atom. The maximum Gasteiger partial charge on any atom is 0.256 e. The number of nitrogens with zero attached hydrogens (tertiary/aromatic N) is 2. The molecule has 2 fully saturated rings. The van der Waals surface area contributed by atoms with Crippen LogP contribution in [0.4, 0.5) is 4.39 Å². The van der Waals surface area contributed by atoms with Crippen molar-refractivity contribution in [3.8, 4) is 0 Å². The van der Waals surface area contributed by atoms with Crippen molar-refractivity contribution in [1.29, 1.82) is 0 Å². The van der Waals surface area contributed by atoms with E-state index in [0.717, 1.165) is 12.1 Å². The number of carbonyl (C=O) groups excluding carboxylic acids is 3. The smallest absolute Gasteiger partial charge is 0.256 e. The van der Waals surface area contributed by atoms with Crippen LogP contribution in [-0.2, 0) is 14.3 Å². The molecule has 0 unspecified atom stereocenters. The first-order chi connectivity index (χ1) is 13.5. The average Bonchev–Trinajstić information content (AvgIpc) is 3.00. The number of piperidine rings is 1. The maximum atomic E-state index is 13.2. The fraction of sp³-hybridized carbons (Fsp3) is 0.571. The first kappa shape index (κ1) is 21.2. The second-order valence-corrected chi connectivity index (χ2v) is 8.89. The van der Waals surface area contributed by atoms with Crippen molar-refractivity contribution in [2.24, 2.45) is 5.41 Å². The Bertz CT molecular complexity index is 794. The number of ether oxygens (including phenoxy) is 1. The Kier molecular flexibility index (Phi) is 5.67. The molecule has 0 bridgehead atoms. The molecule has 2 aliphatic heterocycles. The van der Waals surface area contributed by atoms with Crippen LogP contribution in [0.1, 0.15) is 50.4 Å². The van der Waals surface area contributed by atoms with Gasteiger partial charge in [-0.25, -0.2) is 4.39 Å². The molecule has 2 aliphatic rings. The summed E-state index contributed by atoms with van der Waals surface area (Å²) >= 11 is 0. The highest BCUT2D eigenvalue weighted by Gasteiger charge is 2.52. The van der Waals surface area contributed by atoms with E-state index < -0.39 is 29.5 Å². The molecule has 0 aliphatic carbocycles. The van der Waals surface area contributed by atoms with Crippen molar-refractivity contribution < 1.29 is 28.6 Å². The topological polar surface area (TPSA) is 90.0 Å². The molecule has 0 aromatic heterocycles. The molecule has 1 aromatic carbocycles. The Morgan fingerprint density at radius 2 is 1.76 bits per heavy atom. The standard InChI is InChI=1S/C21H27FN2O5/c1-20(2,3)12-17(25)23-10-8-21(9-11-23)24(16(13-29-21)19(27)28)18(26)14-4-6-15(22)7-5-14/h4-7,16H,8-13H2,1-3H3,(H,27,28)/p-1/t16-/m1/s1. The lowest BCUT2D eigenvalue weighted by Gasteiger charge is -2.45. The zero-order valence-electron chi connectivity index (χ0n) is 16.9. The molecule has 7 nitrogen and oxygen atoms in total. The SMILES string of the molecule is CC(C)(C)CC(=O)N1CCC2(CC1)OC[C@H](C(=O)[O-])N2C(=O)c1ccc(F)cc1. The Hall–Kier alpha value is -2.48. The van der Waals surface area contributed by atoms with Gasteiger partial charge in [0.1, 0.15) is 11.5 Å². The predicted molar refractivity (Wildman–Crippen MR) is 99.9 cm³/mol. The number of carbonyl (C=O) groups is 3. The normalized spacial score (nSPS) is 21.4. The molecular formula is C21H26FN2O5-. The molecule has 3 rings (SSSR count). The molecule has 8 heteroatoms. The van der Waals surface area contributed by atoms with E-state index in [0.29, 0.717) is 32.4 Å². The predicted octanol–water partition coefficient (Wildman–Crippen LogP) is 1.17. The largest absolute Gasteiger partial charge is 0.548 e. The van der Waals surface area contributed by atoms with Crippen LogP contribution >= 0.6 is 0 Å². The molecule has 1 aromatic rings. The van der Waals surface area contributed by atoms with Crippen LogP contribution in [0.15, 0.2) is 24.3 Å². The summed E-state index contributed by atoms with van der Waals surface area (Å²) in [6, 6.07) is 3.71. The number of hydrogen-bond acceptors (Lipinski definition) is 5. The number of likely N-dealkylation sites (tertiary alicyclic amines) is 1. The number of benzene rings is 1. The Morgan fingerprint density at radius 3 is 2.28 bits per heavy atom. The van der Waals surface area contributed by atoms with Crippen molar-refractivity contribution in [3.05, 3.63) is 35.6 Å². The lowest BCUT2D eigenvalue weighted by molar-refractivity contribution is -0.310. The van der Waals surface area contributed by atoms with Gasteiger partial charge in [-0.3, -0.25) is 14.5 Å². The number of halogens is 1. The highest BCUT2D eigenvalue weighted by atomic mass is 19.1. The molecule has 2 heterocycles. The summed E-state index contributed by atoms with van der Waals surface area (Å²) in [6.45, 7) is 6.52. The van der Waals surface area contributed by atoms with Crippen LogP contribution in [0.5, 0.6) is 0 Å². The minimum Gasteiger partial charge on any atom is -0.548 e. The summed E-state index contributed by atoms with van der Waals surface area (Å²) in [7, 11) is 0. The molecule has 1 atom stereocenters. The van der Waals surface area contributed by atoms with Gasteiger partial charge >= 0.3 is 0 Å². The summed E-state index contributed by atoms with van der Waals surface area (Å²) in [5, 5.41) is 11.6. The zero-order valence-corrected chi connectivity index (χ0v) is 16.9. The number of carboxylic acid groups (broad SMARTS) is 1. The minimum absolute atomic E-state index is 0.0261. The number of rotatable bonds is 3. The van der Waals surface area contributed by atoms with Gasteiger partial charge in [0, 0.05) is 37.9 Å². The Labute approximate surface area is 169 Å². The Balaban J connectivity index is 1.80. The molecular weight excluding hydrogens is 379 g/mol. The third-order valence-electron chi connectivity index (χ3n) is 5.42. The minimum atomic E-state index is -1.40. The quantitative estimate of drug-likeness (QED) is 0.753. The van der Waals surface area contributed by atoms with Crippen LogP contribution in [0, 0.1) is 11.2 Å². The van der Waals surface area contributed by atoms with E-state index in [1.807, 2.05) is 20.8 Å². The molecule has 1 spiro atoms. The number of amides is 2. The van der Waals surface area contributed by atoms with Crippen LogP contribution in [0.3, 0.4) is 0 Å². The molecule has 2 amide bonds. The van der Waals surface area contributed by atoms with Crippen molar-refractivity contribution >= 4 is 17.8 Å². The van der Waals surface area contributed by atoms with Gasteiger partial charge in [-0.15, -0.1) is 0 Å². The maximum absolute atomic E-state index is 13.2. The molecule has 0 N–H and O–H groups in total. The van der Waals surface area contributed by atoms with Crippen molar-refractivity contribution in [2.45, 2.75) is 51.8 Å². The van der Waals surface area contributed by atoms with Gasteiger partial charge < -0.3 is 19.5 Å². The third kappa shape index (κ3) is 4.42. The van der Waals surface area contributed by atoms with Crippen LogP contribution < -0.4 is 5.11 Å². The monoisotopic (exact) mass is 405 g/mol. The zero-order chi connectivity index (χ0) is 21.4. The van der Waals surface area contributed by atoms with Crippen LogP contribution in [0.2, 0.25) is 0 Å². The first-order valence-corrected chi connectivity index (χ1v) is 9.74. The van der Waals surface area contributed by atoms with Gasteiger partial charge in [0.05, 0.1) is 18.6 Å². The molecule has 2 saturated heterocycles. The summed E-state index contributed by atoms with van der Waals surface area (Å²) < 4.78 is 19.1. The number of aliphatic carboxylic acids is 1. The van der Waals surface area contributed by atoms with E-state index in [9.17, 15) is 23.9 Å². The molecule has 29 heavy (non-hydrogen) atoms. The van der Waals surface area contributed by atoms with E-state index in [-0.39, 0.29) is 23.5 Å². The van der Waals surface area contributed by atoms with E-state index in [4.69, 9.17) is 4.74 Å². The average molecular weight is 405 g/mol. The molecule has 158 valence electrons.